The Labute approximate surface area is 193 Å². The van der Waals surface area contributed by atoms with Crippen LogP contribution in [0.4, 0.5) is 18.9 Å². The van der Waals surface area contributed by atoms with Gasteiger partial charge in [-0.3, -0.25) is 4.79 Å². The molecule has 1 saturated heterocycles. The summed E-state index contributed by atoms with van der Waals surface area (Å²) in [7, 11) is -4.44. The quantitative estimate of drug-likeness (QED) is 0.584. The van der Waals surface area contributed by atoms with Gasteiger partial charge in [0.05, 0.1) is 22.1 Å². The van der Waals surface area contributed by atoms with E-state index in [4.69, 9.17) is 0 Å². The van der Waals surface area contributed by atoms with E-state index in [9.17, 15) is 26.4 Å². The van der Waals surface area contributed by atoms with Crippen molar-refractivity contribution in [3.8, 4) is 5.69 Å². The number of benzene rings is 2. The molecule has 1 amide bonds. The van der Waals surface area contributed by atoms with Crippen LogP contribution in [0.3, 0.4) is 0 Å². The number of halogens is 3. The van der Waals surface area contributed by atoms with Crippen LogP contribution in [0.25, 0.3) is 5.69 Å². The van der Waals surface area contributed by atoms with Crippen LogP contribution in [0.2, 0.25) is 0 Å². The number of nitrogens with zero attached hydrogens (tertiary/aromatic N) is 5. The Morgan fingerprint density at radius 2 is 1.94 bits per heavy atom. The lowest BCUT2D eigenvalue weighted by molar-refractivity contribution is -0.140. The second-order valence-electron chi connectivity index (χ2n) is 7.94. The van der Waals surface area contributed by atoms with E-state index < -0.39 is 38.5 Å². The van der Waals surface area contributed by atoms with Crippen LogP contribution >= 0.6 is 0 Å². The van der Waals surface area contributed by atoms with E-state index in [-0.39, 0.29) is 13.1 Å². The fourth-order valence-corrected chi connectivity index (χ4v) is 5.68. The van der Waals surface area contributed by atoms with Crippen molar-refractivity contribution in [3.05, 3.63) is 59.9 Å². The van der Waals surface area contributed by atoms with E-state index in [1.807, 2.05) is 6.92 Å². The third kappa shape index (κ3) is 4.80. The van der Waals surface area contributed by atoms with E-state index in [2.05, 4.69) is 20.8 Å². The maximum atomic E-state index is 13.4. The smallest absolute Gasteiger partial charge is 0.326 e. The Morgan fingerprint density at radius 3 is 2.62 bits per heavy atom. The number of aryl methyl sites for hydroxylation is 1. The minimum atomic E-state index is -4.82. The van der Waals surface area contributed by atoms with Crippen molar-refractivity contribution in [1.29, 1.82) is 0 Å². The summed E-state index contributed by atoms with van der Waals surface area (Å²) in [5.41, 5.74) is 0.796. The monoisotopic (exact) mass is 494 g/mol. The van der Waals surface area contributed by atoms with Crippen molar-refractivity contribution < 1.29 is 26.4 Å². The van der Waals surface area contributed by atoms with Gasteiger partial charge in [0.25, 0.3) is 0 Å². The minimum Gasteiger partial charge on any atom is -0.326 e. The highest BCUT2D eigenvalue weighted by Gasteiger charge is 2.40. The SMILES string of the molecule is Cc1cc(NC(=O)[C@@H]2CCCN(S(=O)(=O)c3ccccc3C(F)(F)F)C2)ccc1-n1cnnn1. The minimum absolute atomic E-state index is 0.0397. The molecule has 2 heterocycles. The number of aromatic nitrogens is 4. The Kier molecular flexibility index (Phi) is 6.41. The van der Waals surface area contributed by atoms with E-state index in [1.54, 1.807) is 18.2 Å². The molecular formula is C21H21F3N6O3S. The van der Waals surface area contributed by atoms with Gasteiger partial charge in [0.2, 0.25) is 15.9 Å². The first-order valence-electron chi connectivity index (χ1n) is 10.4. The van der Waals surface area contributed by atoms with Gasteiger partial charge in [-0.15, -0.1) is 5.10 Å². The van der Waals surface area contributed by atoms with Gasteiger partial charge in [-0.05, 0) is 66.1 Å². The number of tetrazole rings is 1. The van der Waals surface area contributed by atoms with E-state index in [0.29, 0.717) is 18.5 Å². The molecule has 1 fully saturated rings. The average Bonchev–Trinajstić information content (AvgIpc) is 3.33. The standard InChI is InChI=1S/C21H21F3N6O3S/c1-14-11-16(8-9-18(14)30-13-25-27-28-30)26-20(31)15-5-4-10-29(12-15)34(32,33)19-7-3-2-6-17(19)21(22,23)24/h2-3,6-9,11,13,15H,4-5,10,12H2,1H3,(H,26,31)/t15-/m1/s1. The molecule has 3 aromatic rings. The molecule has 1 aromatic heterocycles. The lowest BCUT2D eigenvalue weighted by Crippen LogP contribution is -2.44. The molecule has 0 saturated carbocycles. The number of alkyl halides is 3. The predicted octanol–water partition coefficient (Wildman–Crippen LogP) is 3.03. The van der Waals surface area contributed by atoms with Gasteiger partial charge in [-0.2, -0.15) is 17.5 Å². The molecule has 0 spiro atoms. The molecule has 1 aliphatic rings. The van der Waals surface area contributed by atoms with Crippen LogP contribution in [0, 0.1) is 12.8 Å². The number of sulfonamides is 1. The number of carbonyl (C=O) groups excluding carboxylic acids is 1. The van der Waals surface area contributed by atoms with E-state index >= 15 is 0 Å². The van der Waals surface area contributed by atoms with Crippen molar-refractivity contribution in [2.45, 2.75) is 30.8 Å². The maximum Gasteiger partial charge on any atom is 0.417 e. The molecule has 2 aromatic carbocycles. The highest BCUT2D eigenvalue weighted by atomic mass is 32.2. The van der Waals surface area contributed by atoms with Crippen LogP contribution in [0.5, 0.6) is 0 Å². The zero-order valence-electron chi connectivity index (χ0n) is 18.0. The number of hydrogen-bond acceptors (Lipinski definition) is 6. The molecule has 1 atom stereocenters. The summed E-state index contributed by atoms with van der Waals surface area (Å²) in [4.78, 5) is 12.1. The Hall–Kier alpha value is -3.32. The normalized spacial score (nSPS) is 17.5. The second-order valence-corrected chi connectivity index (χ2v) is 9.85. The molecule has 0 aliphatic carbocycles. The van der Waals surface area contributed by atoms with Gasteiger partial charge in [0.15, 0.2) is 0 Å². The molecular weight excluding hydrogens is 473 g/mol. The van der Waals surface area contributed by atoms with Crippen molar-refractivity contribution in [2.24, 2.45) is 5.92 Å². The lowest BCUT2D eigenvalue weighted by atomic mass is 9.98. The van der Waals surface area contributed by atoms with Crippen molar-refractivity contribution in [2.75, 3.05) is 18.4 Å². The number of carbonyl (C=O) groups is 1. The maximum absolute atomic E-state index is 13.4. The highest BCUT2D eigenvalue weighted by molar-refractivity contribution is 7.89. The number of amides is 1. The molecule has 180 valence electrons. The van der Waals surface area contributed by atoms with Crippen LogP contribution in [-0.4, -0.2) is 51.9 Å². The molecule has 34 heavy (non-hydrogen) atoms. The van der Waals surface area contributed by atoms with Crippen molar-refractivity contribution in [1.82, 2.24) is 24.5 Å². The van der Waals surface area contributed by atoms with Gasteiger partial charge in [0, 0.05) is 18.8 Å². The topological polar surface area (TPSA) is 110 Å². The first-order valence-corrected chi connectivity index (χ1v) is 11.8. The predicted molar refractivity (Wildman–Crippen MR) is 115 cm³/mol. The van der Waals surface area contributed by atoms with Crippen LogP contribution in [-0.2, 0) is 21.0 Å². The van der Waals surface area contributed by atoms with Gasteiger partial charge in [-0.25, -0.2) is 13.1 Å². The fourth-order valence-electron chi connectivity index (χ4n) is 3.95. The third-order valence-corrected chi connectivity index (χ3v) is 7.55. The highest BCUT2D eigenvalue weighted by Crippen LogP contribution is 2.36. The molecule has 1 aliphatic heterocycles. The molecule has 4 rings (SSSR count). The van der Waals surface area contributed by atoms with Gasteiger partial charge in [0.1, 0.15) is 6.33 Å². The summed E-state index contributed by atoms with van der Waals surface area (Å²) in [5, 5.41) is 13.8. The van der Waals surface area contributed by atoms with E-state index in [1.165, 1.54) is 17.1 Å². The number of nitrogens with one attached hydrogen (secondary N) is 1. The molecule has 0 unspecified atom stereocenters. The van der Waals surface area contributed by atoms with E-state index in [0.717, 1.165) is 33.8 Å². The number of hydrogen-bond donors (Lipinski definition) is 1. The van der Waals surface area contributed by atoms with Crippen LogP contribution < -0.4 is 5.32 Å². The average molecular weight is 494 g/mol. The Morgan fingerprint density at radius 1 is 1.18 bits per heavy atom. The van der Waals surface area contributed by atoms with Gasteiger partial charge in [-0.1, -0.05) is 12.1 Å². The number of anilines is 1. The zero-order chi connectivity index (χ0) is 24.5. The number of piperidine rings is 1. The summed E-state index contributed by atoms with van der Waals surface area (Å²) in [6.07, 6.45) is -2.61. The molecule has 1 N–H and O–H groups in total. The summed E-state index contributed by atoms with van der Waals surface area (Å²) < 4.78 is 68.7. The first kappa shape index (κ1) is 23.8. The number of rotatable bonds is 5. The fraction of sp³-hybridized carbons (Fsp3) is 0.333. The molecule has 0 radical (unpaired) electrons. The Balaban J connectivity index is 1.50. The summed E-state index contributed by atoms with van der Waals surface area (Å²) in [6, 6.07) is 9.19. The third-order valence-electron chi connectivity index (χ3n) is 5.63. The largest absolute Gasteiger partial charge is 0.417 e. The van der Waals surface area contributed by atoms with Crippen LogP contribution in [0.1, 0.15) is 24.0 Å². The molecule has 9 nitrogen and oxygen atoms in total. The second kappa shape index (κ2) is 9.14. The molecule has 0 bridgehead atoms. The summed E-state index contributed by atoms with van der Waals surface area (Å²) >= 11 is 0. The summed E-state index contributed by atoms with van der Waals surface area (Å²) in [5.74, 6) is -1.11. The Bertz CT molecular complexity index is 1300. The van der Waals surface area contributed by atoms with Gasteiger partial charge < -0.3 is 5.32 Å². The van der Waals surface area contributed by atoms with Crippen molar-refractivity contribution >= 4 is 21.6 Å². The summed E-state index contributed by atoms with van der Waals surface area (Å²) in [6.45, 7) is 1.65. The zero-order valence-corrected chi connectivity index (χ0v) is 18.8. The van der Waals surface area contributed by atoms with Gasteiger partial charge >= 0.3 is 6.18 Å². The molecule has 13 heteroatoms. The van der Waals surface area contributed by atoms with Crippen molar-refractivity contribution in [3.63, 3.8) is 0 Å². The first-order chi connectivity index (χ1) is 16.1. The lowest BCUT2D eigenvalue weighted by Gasteiger charge is -2.31. The van der Waals surface area contributed by atoms with Crippen LogP contribution in [0.15, 0.2) is 53.7 Å².